The summed E-state index contributed by atoms with van der Waals surface area (Å²) in [6.07, 6.45) is 3.74. The molecule has 1 aliphatic carbocycles. The molecule has 0 saturated heterocycles. The number of aryl methyl sites for hydroxylation is 2. The fourth-order valence-corrected chi connectivity index (χ4v) is 3.21. The molecule has 0 fully saturated rings. The second kappa shape index (κ2) is 4.82. The van der Waals surface area contributed by atoms with Crippen molar-refractivity contribution in [2.45, 2.75) is 38.2 Å². The lowest BCUT2D eigenvalue weighted by Crippen LogP contribution is -2.33. The Hall–Kier alpha value is -1.60. The molecule has 0 bridgehead atoms. The van der Waals surface area contributed by atoms with Gasteiger partial charge in [-0.15, -0.1) is 0 Å². The highest BCUT2D eigenvalue weighted by Gasteiger charge is 2.34. The third-order valence-electron chi connectivity index (χ3n) is 4.30. The second-order valence-corrected chi connectivity index (χ2v) is 5.65. The van der Waals surface area contributed by atoms with Gasteiger partial charge < -0.3 is 5.11 Å². The van der Waals surface area contributed by atoms with Gasteiger partial charge in [-0.2, -0.15) is 0 Å². The topological polar surface area (TPSA) is 20.2 Å². The number of rotatable bonds is 2. The van der Waals surface area contributed by atoms with Crippen molar-refractivity contribution in [2.75, 3.05) is 0 Å². The lowest BCUT2D eigenvalue weighted by Gasteiger charge is -2.35. The highest BCUT2D eigenvalue weighted by molar-refractivity contribution is 5.37. The second-order valence-electron chi connectivity index (χ2n) is 5.65. The molecule has 19 heavy (non-hydrogen) atoms. The Bertz CT molecular complexity index is 588. The van der Waals surface area contributed by atoms with E-state index >= 15 is 0 Å². The molecule has 0 heterocycles. The van der Waals surface area contributed by atoms with Crippen LogP contribution in [0.3, 0.4) is 0 Å². The summed E-state index contributed by atoms with van der Waals surface area (Å²) in [5.74, 6) is 0. The standard InChI is InChI=1S/C18H20O/c1-14-7-2-3-9-16(14)13-18(19)12-6-10-15-8-4-5-11-17(15)18/h2-5,7-9,11,19H,6,10,12-13H2,1H3. The third kappa shape index (κ3) is 2.31. The van der Waals surface area contributed by atoms with Crippen LogP contribution in [0.5, 0.6) is 0 Å². The zero-order chi connectivity index (χ0) is 13.3. The van der Waals surface area contributed by atoms with Crippen molar-refractivity contribution in [1.29, 1.82) is 0 Å². The average Bonchev–Trinajstić information content (AvgIpc) is 2.42. The number of hydrogen-bond donors (Lipinski definition) is 1. The van der Waals surface area contributed by atoms with Gasteiger partial charge in [-0.05, 0) is 48.4 Å². The van der Waals surface area contributed by atoms with Crippen molar-refractivity contribution >= 4 is 0 Å². The van der Waals surface area contributed by atoms with E-state index in [-0.39, 0.29) is 0 Å². The molecule has 3 rings (SSSR count). The molecule has 2 aromatic carbocycles. The van der Waals surface area contributed by atoms with Gasteiger partial charge >= 0.3 is 0 Å². The Morgan fingerprint density at radius 2 is 1.79 bits per heavy atom. The van der Waals surface area contributed by atoms with Gasteiger partial charge in [0.2, 0.25) is 0 Å². The van der Waals surface area contributed by atoms with Gasteiger partial charge in [0, 0.05) is 6.42 Å². The number of fused-ring (bicyclic) bond motifs is 1. The van der Waals surface area contributed by atoms with E-state index in [0.29, 0.717) is 0 Å². The van der Waals surface area contributed by atoms with E-state index in [1.165, 1.54) is 16.7 Å². The van der Waals surface area contributed by atoms with E-state index < -0.39 is 5.60 Å². The normalized spacial score (nSPS) is 22.0. The van der Waals surface area contributed by atoms with Crippen LogP contribution < -0.4 is 0 Å². The van der Waals surface area contributed by atoms with Gasteiger partial charge in [0.25, 0.3) is 0 Å². The third-order valence-corrected chi connectivity index (χ3v) is 4.30. The maximum atomic E-state index is 11.1. The number of aliphatic hydroxyl groups is 1. The van der Waals surface area contributed by atoms with Crippen LogP contribution in [0.25, 0.3) is 0 Å². The number of benzene rings is 2. The molecule has 1 atom stereocenters. The quantitative estimate of drug-likeness (QED) is 0.862. The SMILES string of the molecule is Cc1ccccc1CC1(O)CCCc2ccccc21. The van der Waals surface area contributed by atoms with Gasteiger partial charge in [0.15, 0.2) is 0 Å². The molecule has 0 saturated carbocycles. The highest BCUT2D eigenvalue weighted by atomic mass is 16.3. The van der Waals surface area contributed by atoms with Crippen LogP contribution in [0.1, 0.15) is 35.1 Å². The summed E-state index contributed by atoms with van der Waals surface area (Å²) in [6, 6.07) is 16.7. The zero-order valence-corrected chi connectivity index (χ0v) is 11.4. The van der Waals surface area contributed by atoms with Crippen molar-refractivity contribution in [3.8, 4) is 0 Å². The maximum absolute atomic E-state index is 11.1. The summed E-state index contributed by atoms with van der Waals surface area (Å²) in [4.78, 5) is 0. The molecule has 1 unspecified atom stereocenters. The van der Waals surface area contributed by atoms with Crippen LogP contribution >= 0.6 is 0 Å². The Kier molecular flexibility index (Phi) is 3.16. The summed E-state index contributed by atoms with van der Waals surface area (Å²) >= 11 is 0. The van der Waals surface area contributed by atoms with Crippen LogP contribution in [-0.2, 0) is 18.4 Å². The van der Waals surface area contributed by atoms with E-state index in [1.807, 2.05) is 6.07 Å². The molecular formula is C18H20O. The predicted molar refractivity (Wildman–Crippen MR) is 78.2 cm³/mol. The predicted octanol–water partition coefficient (Wildman–Crippen LogP) is 3.76. The van der Waals surface area contributed by atoms with Crippen molar-refractivity contribution in [3.05, 3.63) is 70.8 Å². The van der Waals surface area contributed by atoms with E-state index in [0.717, 1.165) is 31.2 Å². The van der Waals surface area contributed by atoms with Crippen molar-refractivity contribution in [1.82, 2.24) is 0 Å². The fourth-order valence-electron chi connectivity index (χ4n) is 3.21. The molecule has 0 amide bonds. The molecule has 0 aliphatic heterocycles. The molecule has 2 aromatic rings. The van der Waals surface area contributed by atoms with E-state index in [9.17, 15) is 5.11 Å². The molecule has 0 spiro atoms. The first-order valence-electron chi connectivity index (χ1n) is 7.04. The largest absolute Gasteiger partial charge is 0.385 e. The molecule has 1 nitrogen and oxygen atoms in total. The first-order chi connectivity index (χ1) is 9.19. The fraction of sp³-hybridized carbons (Fsp3) is 0.333. The minimum Gasteiger partial charge on any atom is -0.385 e. The molecular weight excluding hydrogens is 232 g/mol. The molecule has 1 heteroatoms. The Morgan fingerprint density at radius 3 is 2.63 bits per heavy atom. The minimum atomic E-state index is -0.693. The minimum absolute atomic E-state index is 0.693. The van der Waals surface area contributed by atoms with Gasteiger partial charge in [0.05, 0.1) is 5.60 Å². The monoisotopic (exact) mass is 252 g/mol. The zero-order valence-electron chi connectivity index (χ0n) is 11.4. The molecule has 1 aliphatic rings. The van der Waals surface area contributed by atoms with Crippen LogP contribution in [-0.4, -0.2) is 5.11 Å². The van der Waals surface area contributed by atoms with Gasteiger partial charge in [-0.3, -0.25) is 0 Å². The Balaban J connectivity index is 1.99. The van der Waals surface area contributed by atoms with Crippen molar-refractivity contribution in [2.24, 2.45) is 0 Å². The maximum Gasteiger partial charge on any atom is 0.0939 e. The summed E-state index contributed by atoms with van der Waals surface area (Å²) in [5.41, 5.74) is 4.26. The Morgan fingerprint density at radius 1 is 1.05 bits per heavy atom. The molecule has 0 aromatic heterocycles. The van der Waals surface area contributed by atoms with Crippen molar-refractivity contribution < 1.29 is 5.11 Å². The van der Waals surface area contributed by atoms with Gasteiger partial charge in [-0.25, -0.2) is 0 Å². The van der Waals surface area contributed by atoms with Crippen LogP contribution in [0, 0.1) is 6.92 Å². The Labute approximate surface area is 114 Å². The summed E-state index contributed by atoms with van der Waals surface area (Å²) < 4.78 is 0. The number of hydrogen-bond acceptors (Lipinski definition) is 1. The summed E-state index contributed by atoms with van der Waals surface area (Å²) in [6.45, 7) is 2.12. The van der Waals surface area contributed by atoms with E-state index in [1.54, 1.807) is 0 Å². The highest BCUT2D eigenvalue weighted by Crippen LogP contribution is 2.38. The van der Waals surface area contributed by atoms with Crippen LogP contribution in [0.2, 0.25) is 0 Å². The lowest BCUT2D eigenvalue weighted by atomic mass is 9.75. The smallest absolute Gasteiger partial charge is 0.0939 e. The average molecular weight is 252 g/mol. The first kappa shape index (κ1) is 12.4. The molecule has 1 N–H and O–H groups in total. The van der Waals surface area contributed by atoms with E-state index in [4.69, 9.17) is 0 Å². The molecule has 98 valence electrons. The van der Waals surface area contributed by atoms with Crippen LogP contribution in [0.4, 0.5) is 0 Å². The van der Waals surface area contributed by atoms with Crippen LogP contribution in [0.15, 0.2) is 48.5 Å². The van der Waals surface area contributed by atoms with Crippen molar-refractivity contribution in [3.63, 3.8) is 0 Å². The molecule has 0 radical (unpaired) electrons. The summed E-state index contributed by atoms with van der Waals surface area (Å²) in [7, 11) is 0. The first-order valence-corrected chi connectivity index (χ1v) is 7.04. The summed E-state index contributed by atoms with van der Waals surface area (Å²) in [5, 5.41) is 11.1. The lowest BCUT2D eigenvalue weighted by molar-refractivity contribution is 0.0189. The van der Waals surface area contributed by atoms with Gasteiger partial charge in [0.1, 0.15) is 0 Å². The van der Waals surface area contributed by atoms with E-state index in [2.05, 4.69) is 49.4 Å². The van der Waals surface area contributed by atoms with Gasteiger partial charge in [-0.1, -0.05) is 48.5 Å².